The SMILES string of the molecule is NCCS(=O)(=O)O.NCl. The van der Waals surface area contributed by atoms with Crippen molar-refractivity contribution < 1.29 is 13.0 Å². The molecule has 0 bridgehead atoms. The third-order valence-corrected chi connectivity index (χ3v) is 1.13. The van der Waals surface area contributed by atoms with E-state index in [-0.39, 0.29) is 12.3 Å². The Balaban J connectivity index is 0. The quantitative estimate of drug-likeness (QED) is 0.367. The zero-order valence-corrected chi connectivity index (χ0v) is 6.19. The number of rotatable bonds is 2. The van der Waals surface area contributed by atoms with Crippen LogP contribution in [-0.4, -0.2) is 25.3 Å². The summed E-state index contributed by atoms with van der Waals surface area (Å²) in [5.74, 6) is -0.354. The van der Waals surface area contributed by atoms with E-state index in [1.807, 2.05) is 0 Å². The van der Waals surface area contributed by atoms with Gasteiger partial charge in [-0.2, -0.15) is 8.42 Å². The van der Waals surface area contributed by atoms with Gasteiger partial charge >= 0.3 is 0 Å². The molecule has 0 rings (SSSR count). The van der Waals surface area contributed by atoms with Crippen LogP contribution in [0.2, 0.25) is 0 Å². The monoisotopic (exact) mass is 176 g/mol. The number of nitrogens with two attached hydrogens (primary N) is 2. The predicted molar refractivity (Wildman–Crippen MR) is 35.5 cm³/mol. The fourth-order valence-electron chi connectivity index (χ4n) is 0.149. The summed E-state index contributed by atoms with van der Waals surface area (Å²) in [5.41, 5.74) is 4.78. The van der Waals surface area contributed by atoms with Gasteiger partial charge in [-0.3, -0.25) is 4.55 Å². The molecule has 5 nitrogen and oxygen atoms in total. The Kier molecular flexibility index (Phi) is 8.23. The molecule has 9 heavy (non-hydrogen) atoms. The highest BCUT2D eigenvalue weighted by Gasteiger charge is 1.98. The minimum Gasteiger partial charge on any atom is -0.329 e. The highest BCUT2D eigenvalue weighted by molar-refractivity contribution is 7.85. The molecule has 0 aromatic rings. The molecule has 0 aliphatic heterocycles. The highest BCUT2D eigenvalue weighted by Crippen LogP contribution is 1.74. The van der Waals surface area contributed by atoms with Crippen LogP contribution in [0.1, 0.15) is 0 Å². The summed E-state index contributed by atoms with van der Waals surface area (Å²) < 4.78 is 27.3. The molecule has 0 atom stereocenters. The molecule has 0 unspecified atom stereocenters. The van der Waals surface area contributed by atoms with Gasteiger partial charge in [0, 0.05) is 6.54 Å². The fraction of sp³-hybridized carbons (Fsp3) is 1.00. The number of hydrogen-bond acceptors (Lipinski definition) is 4. The molecule has 0 saturated carbocycles. The molecule has 7 heteroatoms. The van der Waals surface area contributed by atoms with E-state index in [0.29, 0.717) is 0 Å². The topological polar surface area (TPSA) is 106 Å². The van der Waals surface area contributed by atoms with E-state index in [0.717, 1.165) is 0 Å². The van der Waals surface area contributed by atoms with E-state index in [1.165, 1.54) is 0 Å². The van der Waals surface area contributed by atoms with Crippen LogP contribution in [0.3, 0.4) is 0 Å². The summed E-state index contributed by atoms with van der Waals surface area (Å²) in [5, 5.41) is 3.97. The lowest BCUT2D eigenvalue weighted by atomic mass is 10.8. The van der Waals surface area contributed by atoms with Gasteiger partial charge in [0.2, 0.25) is 0 Å². The van der Waals surface area contributed by atoms with Crippen LogP contribution in [0.5, 0.6) is 0 Å². The average Bonchev–Trinajstić information content (AvgIpc) is 1.69. The van der Waals surface area contributed by atoms with Crippen LogP contribution in [0, 0.1) is 0 Å². The van der Waals surface area contributed by atoms with Crippen molar-refractivity contribution in [2.75, 3.05) is 12.3 Å². The molecular weight excluding hydrogens is 168 g/mol. The Morgan fingerprint density at radius 3 is 1.78 bits per heavy atom. The molecule has 0 saturated heterocycles. The molecule has 0 amide bonds. The van der Waals surface area contributed by atoms with Crippen LogP contribution in [0.15, 0.2) is 0 Å². The first-order valence-corrected chi connectivity index (χ1v) is 3.98. The molecule has 58 valence electrons. The molecule has 0 spiro atoms. The minimum absolute atomic E-state index is 0.0289. The van der Waals surface area contributed by atoms with Crippen molar-refractivity contribution in [3.05, 3.63) is 0 Å². The lowest BCUT2D eigenvalue weighted by Crippen LogP contribution is -2.13. The summed E-state index contributed by atoms with van der Waals surface area (Å²) >= 11 is 4.14. The lowest BCUT2D eigenvalue weighted by molar-refractivity contribution is 0.483. The van der Waals surface area contributed by atoms with Crippen molar-refractivity contribution in [2.24, 2.45) is 11.0 Å². The molecule has 5 N–H and O–H groups in total. The molecule has 0 radical (unpaired) electrons. The van der Waals surface area contributed by atoms with Gasteiger partial charge in [0.05, 0.1) is 5.75 Å². The van der Waals surface area contributed by atoms with Crippen molar-refractivity contribution in [2.45, 2.75) is 0 Å². The zero-order valence-electron chi connectivity index (χ0n) is 4.62. The zero-order chi connectivity index (χ0) is 7.91. The highest BCUT2D eigenvalue weighted by atomic mass is 35.5. The number of hydrogen-bond donors (Lipinski definition) is 3. The Bertz CT molecular complexity index is 133. The van der Waals surface area contributed by atoms with Gasteiger partial charge in [-0.25, -0.2) is 5.25 Å². The average molecular weight is 177 g/mol. The van der Waals surface area contributed by atoms with E-state index in [1.54, 1.807) is 0 Å². The molecule has 0 aromatic heterocycles. The molecule has 0 aliphatic carbocycles. The van der Waals surface area contributed by atoms with Gasteiger partial charge in [-0.05, 0) is 11.8 Å². The second-order valence-corrected chi connectivity index (χ2v) is 2.65. The third-order valence-electron chi connectivity index (χ3n) is 0.376. The van der Waals surface area contributed by atoms with Crippen LogP contribution in [-0.2, 0) is 10.1 Å². The maximum absolute atomic E-state index is 9.71. The standard InChI is InChI=1S/C2H7NO3S.ClH2N/c3-1-2-7(4,5)6;1-2/h1-3H2,(H,4,5,6);2H2. The third kappa shape index (κ3) is 17.9. The maximum atomic E-state index is 9.71. The largest absolute Gasteiger partial charge is 0.329 e. The smallest absolute Gasteiger partial charge is 0.266 e. The van der Waals surface area contributed by atoms with Gasteiger partial charge in [-0.15, -0.1) is 0 Å². The van der Waals surface area contributed by atoms with Gasteiger partial charge in [0.15, 0.2) is 0 Å². The maximum Gasteiger partial charge on any atom is 0.266 e. The van der Waals surface area contributed by atoms with Gasteiger partial charge in [-0.1, -0.05) is 0 Å². The molecule has 0 aromatic carbocycles. The Hall–Kier alpha value is 0.120. The number of halogens is 1. The van der Waals surface area contributed by atoms with E-state index in [9.17, 15) is 8.42 Å². The summed E-state index contributed by atoms with van der Waals surface area (Å²) in [7, 11) is -3.80. The van der Waals surface area contributed by atoms with Crippen LogP contribution < -0.4 is 11.0 Å². The van der Waals surface area contributed by atoms with E-state index >= 15 is 0 Å². The van der Waals surface area contributed by atoms with Crippen molar-refractivity contribution >= 4 is 21.9 Å². The van der Waals surface area contributed by atoms with Crippen molar-refractivity contribution in [3.8, 4) is 0 Å². The van der Waals surface area contributed by atoms with Crippen molar-refractivity contribution in [3.63, 3.8) is 0 Å². The van der Waals surface area contributed by atoms with E-state index in [2.05, 4.69) is 17.0 Å². The summed E-state index contributed by atoms with van der Waals surface area (Å²) in [6, 6.07) is 0. The Labute approximate surface area is 58.8 Å². The van der Waals surface area contributed by atoms with E-state index in [4.69, 9.17) is 10.3 Å². The van der Waals surface area contributed by atoms with Crippen LogP contribution >= 0.6 is 11.8 Å². The van der Waals surface area contributed by atoms with Gasteiger partial charge < -0.3 is 5.73 Å². The summed E-state index contributed by atoms with van der Waals surface area (Å²) in [6.07, 6.45) is 0. The van der Waals surface area contributed by atoms with E-state index < -0.39 is 10.1 Å². The molecule has 0 heterocycles. The Morgan fingerprint density at radius 1 is 1.44 bits per heavy atom. The van der Waals surface area contributed by atoms with Gasteiger partial charge in [0.25, 0.3) is 10.1 Å². The Morgan fingerprint density at radius 2 is 1.78 bits per heavy atom. The van der Waals surface area contributed by atoms with Crippen molar-refractivity contribution in [1.29, 1.82) is 0 Å². The molecule has 0 aliphatic rings. The minimum atomic E-state index is -3.80. The fourth-order valence-corrected chi connectivity index (χ4v) is 0.447. The second-order valence-electron chi connectivity index (χ2n) is 1.07. The van der Waals surface area contributed by atoms with Crippen LogP contribution in [0.4, 0.5) is 0 Å². The first-order valence-electron chi connectivity index (χ1n) is 1.93. The first-order chi connectivity index (χ1) is 4.06. The van der Waals surface area contributed by atoms with Gasteiger partial charge in [0.1, 0.15) is 0 Å². The summed E-state index contributed by atoms with van der Waals surface area (Å²) in [6.45, 7) is -0.0289. The first kappa shape index (κ1) is 11.9. The van der Waals surface area contributed by atoms with Crippen molar-refractivity contribution in [1.82, 2.24) is 0 Å². The second kappa shape index (κ2) is 6.24. The normalized spacial score (nSPS) is 9.78. The molecule has 0 fully saturated rings. The molecular formula is C2H9ClN2O3S. The predicted octanol–water partition coefficient (Wildman–Crippen LogP) is -1.07. The van der Waals surface area contributed by atoms with Crippen LogP contribution in [0.25, 0.3) is 0 Å². The lowest BCUT2D eigenvalue weighted by Gasteiger charge is -1.86. The summed E-state index contributed by atoms with van der Waals surface area (Å²) in [4.78, 5) is 0.